The summed E-state index contributed by atoms with van der Waals surface area (Å²) in [6.45, 7) is 15.4. The van der Waals surface area contributed by atoms with Crippen LogP contribution in [0.3, 0.4) is 0 Å². The number of nitrogens with one attached hydrogen (secondary N) is 2. The first-order valence-electron chi connectivity index (χ1n) is 13.2. The predicted octanol–water partition coefficient (Wildman–Crippen LogP) is 4.38. The quantitative estimate of drug-likeness (QED) is 0.246. The van der Waals surface area contributed by atoms with Crippen LogP contribution in [-0.2, 0) is 14.4 Å². The zero-order valence-corrected chi connectivity index (χ0v) is 23.4. The molecule has 7 nitrogen and oxygen atoms in total. The van der Waals surface area contributed by atoms with Crippen LogP contribution < -0.4 is 10.6 Å². The fourth-order valence-electron chi connectivity index (χ4n) is 3.45. The number of hydrogen-bond donors (Lipinski definition) is 2. The first-order valence-corrected chi connectivity index (χ1v) is 13.2. The minimum atomic E-state index is -0.197. The molecule has 1 atom stereocenters. The molecule has 1 heterocycles. The Morgan fingerprint density at radius 1 is 1.03 bits per heavy atom. The number of likely N-dealkylation sites (N-methyl/N-ethyl adjacent to an activating group) is 1. The van der Waals surface area contributed by atoms with Gasteiger partial charge in [-0.15, -0.1) is 0 Å². The van der Waals surface area contributed by atoms with Crippen molar-refractivity contribution in [1.82, 2.24) is 20.4 Å². The Kier molecular flexibility index (Phi) is 23.1. The SMILES string of the molecule is CCC.CCCCCCNC(=O)/C(C)=C/[C@H](C(C)C)N(C)C(=O)CNC=O.CN1CCCCC1. The molecule has 0 bridgehead atoms. The number of likely N-dealkylation sites (tertiary alicyclic amines) is 1. The Bertz CT molecular complexity index is 558. The Morgan fingerprint density at radius 2 is 1.62 bits per heavy atom. The molecule has 0 aromatic rings. The number of hydrogen-bond acceptors (Lipinski definition) is 4. The van der Waals surface area contributed by atoms with E-state index in [1.54, 1.807) is 18.9 Å². The van der Waals surface area contributed by atoms with Gasteiger partial charge in [0, 0.05) is 19.2 Å². The van der Waals surface area contributed by atoms with E-state index in [2.05, 4.69) is 43.4 Å². The zero-order valence-electron chi connectivity index (χ0n) is 23.4. The lowest BCUT2D eigenvalue weighted by Gasteiger charge is -2.29. The highest BCUT2D eigenvalue weighted by Gasteiger charge is 2.22. The molecular weight excluding hydrogens is 428 g/mol. The lowest BCUT2D eigenvalue weighted by molar-refractivity contribution is -0.132. The fourth-order valence-corrected chi connectivity index (χ4v) is 3.45. The van der Waals surface area contributed by atoms with E-state index < -0.39 is 0 Å². The number of rotatable bonds is 12. The first-order chi connectivity index (χ1) is 16.2. The van der Waals surface area contributed by atoms with Crippen molar-refractivity contribution in [3.8, 4) is 0 Å². The monoisotopic (exact) mass is 482 g/mol. The van der Waals surface area contributed by atoms with Gasteiger partial charge in [-0.1, -0.05) is 72.8 Å². The first kappa shape index (κ1) is 34.3. The van der Waals surface area contributed by atoms with Gasteiger partial charge < -0.3 is 20.4 Å². The van der Waals surface area contributed by atoms with Crippen molar-refractivity contribution in [3.05, 3.63) is 11.6 Å². The smallest absolute Gasteiger partial charge is 0.246 e. The lowest BCUT2D eigenvalue weighted by Crippen LogP contribution is -2.43. The molecule has 1 rings (SSSR count). The molecule has 0 aliphatic carbocycles. The van der Waals surface area contributed by atoms with Gasteiger partial charge in [0.05, 0.1) is 12.6 Å². The Morgan fingerprint density at radius 3 is 2.06 bits per heavy atom. The molecule has 0 saturated carbocycles. The maximum atomic E-state index is 12.2. The Balaban J connectivity index is 0. The van der Waals surface area contributed by atoms with E-state index in [0.29, 0.717) is 18.5 Å². The van der Waals surface area contributed by atoms with Gasteiger partial charge in [0.15, 0.2) is 0 Å². The number of carbonyl (C=O) groups excluding carboxylic acids is 3. The summed E-state index contributed by atoms with van der Waals surface area (Å²) < 4.78 is 0. The Labute approximate surface area is 210 Å². The van der Waals surface area contributed by atoms with E-state index in [0.717, 1.165) is 12.8 Å². The molecule has 1 saturated heterocycles. The number of carbonyl (C=O) groups is 3. The normalized spacial score (nSPS) is 14.7. The molecule has 3 amide bonds. The number of nitrogens with zero attached hydrogens (tertiary/aromatic N) is 2. The third-order valence-corrected chi connectivity index (χ3v) is 5.53. The molecule has 1 fully saturated rings. The second-order valence-electron chi connectivity index (χ2n) is 9.48. The highest BCUT2D eigenvalue weighted by atomic mass is 16.2. The van der Waals surface area contributed by atoms with Crippen LogP contribution in [0.2, 0.25) is 0 Å². The highest BCUT2D eigenvalue weighted by Crippen LogP contribution is 2.13. The topological polar surface area (TPSA) is 81.8 Å². The Hall–Kier alpha value is -1.89. The van der Waals surface area contributed by atoms with Crippen LogP contribution >= 0.6 is 0 Å². The third kappa shape index (κ3) is 18.5. The largest absolute Gasteiger partial charge is 0.352 e. The van der Waals surface area contributed by atoms with Crippen LogP contribution in [0.4, 0.5) is 0 Å². The number of unbranched alkanes of at least 4 members (excludes halogenated alkanes) is 3. The maximum absolute atomic E-state index is 12.2. The summed E-state index contributed by atoms with van der Waals surface area (Å²) in [7, 11) is 3.88. The predicted molar refractivity (Wildman–Crippen MR) is 144 cm³/mol. The van der Waals surface area contributed by atoms with Gasteiger partial charge in [0.25, 0.3) is 0 Å². The molecule has 200 valence electrons. The molecule has 1 aliphatic heterocycles. The van der Waals surface area contributed by atoms with Crippen molar-refractivity contribution in [2.75, 3.05) is 40.3 Å². The van der Waals surface area contributed by atoms with Gasteiger partial charge in [-0.25, -0.2) is 0 Å². The summed E-state index contributed by atoms with van der Waals surface area (Å²) in [4.78, 5) is 38.5. The van der Waals surface area contributed by atoms with Gasteiger partial charge in [-0.3, -0.25) is 14.4 Å². The number of piperidine rings is 1. The van der Waals surface area contributed by atoms with Crippen molar-refractivity contribution in [2.24, 2.45) is 5.92 Å². The molecule has 0 aromatic carbocycles. The molecule has 1 aliphatic rings. The van der Waals surface area contributed by atoms with Crippen molar-refractivity contribution in [3.63, 3.8) is 0 Å². The molecule has 0 unspecified atom stereocenters. The molecule has 2 N–H and O–H groups in total. The van der Waals surface area contributed by atoms with E-state index in [1.165, 1.54) is 51.6 Å². The molecule has 0 spiro atoms. The van der Waals surface area contributed by atoms with Crippen molar-refractivity contribution in [1.29, 1.82) is 0 Å². The van der Waals surface area contributed by atoms with E-state index in [1.807, 2.05) is 19.9 Å². The van der Waals surface area contributed by atoms with E-state index in [-0.39, 0.29) is 30.3 Å². The summed E-state index contributed by atoms with van der Waals surface area (Å²) in [5.74, 6) is -0.128. The standard InChI is InChI=1S/C18H33N3O3.C6H13N.C3H8/c1-6-7-8-9-10-20-18(24)15(4)11-16(14(2)3)21(5)17(23)12-19-13-22;1-7-5-3-2-4-6-7;1-3-2/h11,13-14,16H,6-10,12H2,1-5H3,(H,19,22)(H,20,24);2-6H2,1H3;3H2,1-2H3/b15-11+;;/t16-;;/m1../s1. The van der Waals surface area contributed by atoms with Crippen molar-refractivity contribution < 1.29 is 14.4 Å². The van der Waals surface area contributed by atoms with Crippen molar-refractivity contribution in [2.45, 2.75) is 99.0 Å². The van der Waals surface area contributed by atoms with Crippen LogP contribution in [0.25, 0.3) is 0 Å². The minimum absolute atomic E-state index is 0.0419. The molecule has 0 aromatic heterocycles. The fraction of sp³-hybridized carbons (Fsp3) is 0.815. The van der Waals surface area contributed by atoms with Crippen molar-refractivity contribution >= 4 is 18.2 Å². The summed E-state index contributed by atoms with van der Waals surface area (Å²) in [6, 6.07) is -0.197. The summed E-state index contributed by atoms with van der Waals surface area (Å²) in [5, 5.41) is 5.29. The van der Waals surface area contributed by atoms with Crippen LogP contribution in [0.5, 0.6) is 0 Å². The average molecular weight is 483 g/mol. The molecule has 34 heavy (non-hydrogen) atoms. The number of amides is 3. The van der Waals surface area contributed by atoms with E-state index >= 15 is 0 Å². The molecule has 7 heteroatoms. The van der Waals surface area contributed by atoms with Crippen LogP contribution in [-0.4, -0.2) is 74.3 Å². The third-order valence-electron chi connectivity index (χ3n) is 5.53. The van der Waals surface area contributed by atoms with Gasteiger partial charge in [0.2, 0.25) is 18.2 Å². The molecule has 0 radical (unpaired) electrons. The summed E-state index contributed by atoms with van der Waals surface area (Å²) in [6.07, 6.45) is 12.3. The lowest BCUT2D eigenvalue weighted by atomic mass is 9.99. The molecular formula is C27H54N4O3. The van der Waals surface area contributed by atoms with E-state index in [4.69, 9.17) is 0 Å². The zero-order chi connectivity index (χ0) is 26.4. The van der Waals surface area contributed by atoms with Gasteiger partial charge >= 0.3 is 0 Å². The average Bonchev–Trinajstić information content (AvgIpc) is 2.81. The van der Waals surface area contributed by atoms with E-state index in [9.17, 15) is 14.4 Å². The van der Waals surface area contributed by atoms with Crippen LogP contribution in [0.1, 0.15) is 92.9 Å². The van der Waals surface area contributed by atoms with Gasteiger partial charge in [0.1, 0.15) is 0 Å². The minimum Gasteiger partial charge on any atom is -0.352 e. The van der Waals surface area contributed by atoms with Gasteiger partial charge in [-0.05, 0) is 52.2 Å². The maximum Gasteiger partial charge on any atom is 0.246 e. The van der Waals surface area contributed by atoms with Crippen LogP contribution in [0.15, 0.2) is 11.6 Å². The summed E-state index contributed by atoms with van der Waals surface area (Å²) >= 11 is 0. The second-order valence-corrected chi connectivity index (χ2v) is 9.48. The summed E-state index contributed by atoms with van der Waals surface area (Å²) in [5.41, 5.74) is 0.604. The second kappa shape index (κ2) is 22.9. The van der Waals surface area contributed by atoms with Crippen LogP contribution in [0, 0.1) is 5.92 Å². The highest BCUT2D eigenvalue weighted by molar-refractivity contribution is 5.93. The van der Waals surface area contributed by atoms with Gasteiger partial charge in [-0.2, -0.15) is 0 Å².